The van der Waals surface area contributed by atoms with Gasteiger partial charge >= 0.3 is 6.03 Å². The normalized spacial score (nSPS) is 22.8. The van der Waals surface area contributed by atoms with Crippen LogP contribution in [0.25, 0.3) is 0 Å². The van der Waals surface area contributed by atoms with Crippen LogP contribution in [0.4, 0.5) is 9.93 Å². The van der Waals surface area contributed by atoms with Crippen molar-refractivity contribution in [3.63, 3.8) is 0 Å². The quantitative estimate of drug-likeness (QED) is 0.863. The molecule has 0 spiro atoms. The van der Waals surface area contributed by atoms with E-state index >= 15 is 0 Å². The number of hydrogen-bond donors (Lipinski definition) is 2. The number of urea groups is 1. The van der Waals surface area contributed by atoms with Gasteiger partial charge in [-0.15, -0.1) is 11.3 Å². The number of amides is 2. The van der Waals surface area contributed by atoms with Crippen molar-refractivity contribution in [2.75, 3.05) is 18.5 Å². The fraction of sp³-hybridized carbons (Fsp3) is 0.500. The first-order chi connectivity index (χ1) is 12.1. The molecule has 2 N–H and O–H groups in total. The largest absolute Gasteiger partial charge is 0.377 e. The van der Waals surface area contributed by atoms with Crippen LogP contribution in [-0.2, 0) is 4.74 Å². The van der Waals surface area contributed by atoms with E-state index in [0.29, 0.717) is 24.3 Å². The van der Waals surface area contributed by atoms with Crippen LogP contribution in [0.1, 0.15) is 35.4 Å². The van der Waals surface area contributed by atoms with Crippen molar-refractivity contribution < 1.29 is 9.53 Å². The zero-order valence-corrected chi connectivity index (χ0v) is 14.6. The van der Waals surface area contributed by atoms with Crippen LogP contribution in [0, 0.1) is 6.92 Å². The van der Waals surface area contributed by atoms with Crippen LogP contribution in [0.15, 0.2) is 23.1 Å². The summed E-state index contributed by atoms with van der Waals surface area (Å²) in [6, 6.07) is 2.36. The molecule has 2 atom stereocenters. The van der Waals surface area contributed by atoms with E-state index in [0.717, 1.165) is 23.4 Å². The number of thiazole rings is 1. The third kappa shape index (κ3) is 3.57. The Morgan fingerprint density at radius 1 is 1.36 bits per heavy atom. The van der Waals surface area contributed by atoms with Gasteiger partial charge in [-0.25, -0.2) is 14.5 Å². The third-order valence-corrected chi connectivity index (χ3v) is 5.19. The van der Waals surface area contributed by atoms with Crippen LogP contribution in [0.2, 0.25) is 0 Å². The standard InChI is InChI=1S/C16H19N5O3S/c1-9-6-17-16(25-9)19-15(23)18-12-7-24-8-13(12)21-14(22)5-4-11(20-21)10-2-3-10/h4-6,10,12-13H,2-3,7-8H2,1H3,(H2,17,18,19,23). The number of aryl methyl sites for hydroxylation is 1. The lowest BCUT2D eigenvalue weighted by Crippen LogP contribution is -2.45. The van der Waals surface area contributed by atoms with Crippen LogP contribution >= 0.6 is 11.3 Å². The third-order valence-electron chi connectivity index (χ3n) is 4.36. The molecule has 132 valence electrons. The topological polar surface area (TPSA) is 98.1 Å². The lowest BCUT2D eigenvalue weighted by Gasteiger charge is -2.20. The number of anilines is 1. The fourth-order valence-corrected chi connectivity index (χ4v) is 3.57. The fourth-order valence-electron chi connectivity index (χ4n) is 2.91. The van der Waals surface area contributed by atoms with Crippen molar-refractivity contribution >= 4 is 22.5 Å². The minimum atomic E-state index is -0.360. The van der Waals surface area contributed by atoms with Crippen molar-refractivity contribution in [2.45, 2.75) is 37.8 Å². The van der Waals surface area contributed by atoms with Gasteiger partial charge in [-0.05, 0) is 25.8 Å². The molecule has 4 rings (SSSR count). The van der Waals surface area contributed by atoms with Crippen molar-refractivity contribution in [3.8, 4) is 0 Å². The van der Waals surface area contributed by atoms with E-state index in [1.54, 1.807) is 18.3 Å². The Balaban J connectivity index is 1.47. The Morgan fingerprint density at radius 3 is 2.92 bits per heavy atom. The van der Waals surface area contributed by atoms with E-state index < -0.39 is 0 Å². The SMILES string of the molecule is Cc1cnc(NC(=O)NC2COCC2n2nc(C3CC3)ccc2=O)s1. The second-order valence-electron chi connectivity index (χ2n) is 6.40. The van der Waals surface area contributed by atoms with E-state index in [2.05, 4.69) is 20.7 Å². The molecular weight excluding hydrogens is 342 g/mol. The first kappa shape index (κ1) is 16.2. The first-order valence-electron chi connectivity index (χ1n) is 8.27. The van der Waals surface area contributed by atoms with Gasteiger partial charge < -0.3 is 10.1 Å². The Morgan fingerprint density at radius 2 is 2.20 bits per heavy atom. The predicted octanol–water partition coefficient (Wildman–Crippen LogP) is 1.65. The maximum absolute atomic E-state index is 12.2. The highest BCUT2D eigenvalue weighted by molar-refractivity contribution is 7.15. The Labute approximate surface area is 148 Å². The van der Waals surface area contributed by atoms with E-state index in [-0.39, 0.29) is 23.7 Å². The lowest BCUT2D eigenvalue weighted by molar-refractivity contribution is 0.180. The minimum Gasteiger partial charge on any atom is -0.377 e. The molecule has 2 fully saturated rings. The maximum atomic E-state index is 12.2. The molecule has 1 saturated heterocycles. The predicted molar refractivity (Wildman–Crippen MR) is 93.1 cm³/mol. The van der Waals surface area contributed by atoms with Crippen LogP contribution in [-0.4, -0.2) is 40.1 Å². The average Bonchev–Trinajstić information content (AvgIpc) is 3.21. The highest BCUT2D eigenvalue weighted by Crippen LogP contribution is 2.38. The number of carbonyl (C=O) groups is 1. The monoisotopic (exact) mass is 361 g/mol. The average molecular weight is 361 g/mol. The summed E-state index contributed by atoms with van der Waals surface area (Å²) in [5.41, 5.74) is 0.760. The number of ether oxygens (including phenoxy) is 1. The second kappa shape index (κ2) is 6.57. The molecule has 9 heteroatoms. The summed E-state index contributed by atoms with van der Waals surface area (Å²) in [5.74, 6) is 0.456. The molecule has 1 aliphatic heterocycles. The van der Waals surface area contributed by atoms with Crippen LogP contribution in [0.3, 0.4) is 0 Å². The number of hydrogen-bond acceptors (Lipinski definition) is 6. The lowest BCUT2D eigenvalue weighted by atomic mass is 10.1. The number of nitrogens with one attached hydrogen (secondary N) is 2. The highest BCUT2D eigenvalue weighted by Gasteiger charge is 2.34. The molecule has 2 aliphatic rings. The van der Waals surface area contributed by atoms with Crippen molar-refractivity contribution in [1.82, 2.24) is 20.1 Å². The zero-order valence-electron chi connectivity index (χ0n) is 13.8. The molecule has 1 saturated carbocycles. The first-order valence-corrected chi connectivity index (χ1v) is 9.09. The van der Waals surface area contributed by atoms with Gasteiger partial charge in [0.1, 0.15) is 6.04 Å². The number of carbonyl (C=O) groups excluding carboxylic acids is 1. The van der Waals surface area contributed by atoms with E-state index in [4.69, 9.17) is 4.74 Å². The van der Waals surface area contributed by atoms with Gasteiger partial charge in [0.2, 0.25) is 0 Å². The van der Waals surface area contributed by atoms with E-state index in [9.17, 15) is 9.59 Å². The molecule has 25 heavy (non-hydrogen) atoms. The molecule has 2 aromatic heterocycles. The maximum Gasteiger partial charge on any atom is 0.321 e. The van der Waals surface area contributed by atoms with Crippen LogP contribution < -0.4 is 16.2 Å². The summed E-state index contributed by atoms with van der Waals surface area (Å²) in [6.07, 6.45) is 3.93. The number of nitrogens with zero attached hydrogens (tertiary/aromatic N) is 3. The minimum absolute atomic E-state index is 0.178. The Bertz CT molecular complexity index is 844. The molecule has 8 nitrogen and oxygen atoms in total. The molecule has 0 bridgehead atoms. The molecular formula is C16H19N5O3S. The molecule has 2 amide bonds. The molecule has 3 heterocycles. The van der Waals surface area contributed by atoms with Crippen molar-refractivity contribution in [3.05, 3.63) is 39.3 Å². The highest BCUT2D eigenvalue weighted by atomic mass is 32.1. The molecule has 0 aromatic carbocycles. The second-order valence-corrected chi connectivity index (χ2v) is 7.64. The van der Waals surface area contributed by atoms with Gasteiger partial charge in [-0.2, -0.15) is 5.10 Å². The molecule has 2 unspecified atom stereocenters. The summed E-state index contributed by atoms with van der Waals surface area (Å²) >= 11 is 1.40. The van der Waals surface area contributed by atoms with E-state index in [1.165, 1.54) is 16.0 Å². The van der Waals surface area contributed by atoms with Gasteiger partial charge in [0.25, 0.3) is 5.56 Å². The van der Waals surface area contributed by atoms with Crippen LogP contribution in [0.5, 0.6) is 0 Å². The molecule has 0 radical (unpaired) electrons. The number of aromatic nitrogens is 3. The van der Waals surface area contributed by atoms with Gasteiger partial charge in [-0.3, -0.25) is 10.1 Å². The Hall–Kier alpha value is -2.26. The molecule has 1 aliphatic carbocycles. The summed E-state index contributed by atoms with van der Waals surface area (Å²) in [6.45, 7) is 2.62. The number of rotatable bonds is 4. The summed E-state index contributed by atoms with van der Waals surface area (Å²) in [4.78, 5) is 29.6. The van der Waals surface area contributed by atoms with Crippen molar-refractivity contribution in [2.24, 2.45) is 0 Å². The van der Waals surface area contributed by atoms with Crippen molar-refractivity contribution in [1.29, 1.82) is 0 Å². The Kier molecular flexibility index (Phi) is 4.26. The summed E-state index contributed by atoms with van der Waals surface area (Å²) in [7, 11) is 0. The molecule has 2 aromatic rings. The smallest absolute Gasteiger partial charge is 0.321 e. The summed E-state index contributed by atoms with van der Waals surface area (Å²) in [5, 5.41) is 10.6. The summed E-state index contributed by atoms with van der Waals surface area (Å²) < 4.78 is 6.95. The van der Waals surface area contributed by atoms with Gasteiger partial charge in [0.15, 0.2) is 5.13 Å². The zero-order chi connectivity index (χ0) is 17.4. The van der Waals surface area contributed by atoms with Gasteiger partial charge in [0.05, 0.1) is 24.9 Å². The van der Waals surface area contributed by atoms with E-state index in [1.807, 2.05) is 6.92 Å². The van der Waals surface area contributed by atoms with Gasteiger partial charge in [-0.1, -0.05) is 0 Å². The van der Waals surface area contributed by atoms with Gasteiger partial charge in [0, 0.05) is 23.1 Å².